The molecule has 0 saturated carbocycles. The first-order valence-electron chi connectivity index (χ1n) is 4.71. The average molecular weight is 257 g/mol. The molecule has 0 unspecified atom stereocenters. The van der Waals surface area contributed by atoms with Crippen molar-refractivity contribution in [3.63, 3.8) is 0 Å². The van der Waals surface area contributed by atoms with Crippen LogP contribution in [0.2, 0.25) is 5.28 Å². The summed E-state index contributed by atoms with van der Waals surface area (Å²) in [6, 6.07) is 6.05. The molecule has 17 heavy (non-hydrogen) atoms. The van der Waals surface area contributed by atoms with Gasteiger partial charge in [-0.3, -0.25) is 0 Å². The van der Waals surface area contributed by atoms with Crippen LogP contribution in [0.5, 0.6) is 5.88 Å². The Morgan fingerprint density at radius 3 is 2.71 bits per heavy atom. The molecule has 0 aliphatic rings. The quantitative estimate of drug-likeness (QED) is 0.792. The molecule has 0 spiro atoms. The summed E-state index contributed by atoms with van der Waals surface area (Å²) in [5.74, 6) is -1.47. The molecule has 1 aromatic carbocycles. The van der Waals surface area contributed by atoms with Gasteiger partial charge < -0.3 is 4.74 Å². The Bertz CT molecular complexity index is 537. The fourth-order valence-corrected chi connectivity index (χ4v) is 1.32. The van der Waals surface area contributed by atoms with Crippen molar-refractivity contribution >= 4 is 11.6 Å². The van der Waals surface area contributed by atoms with Crippen LogP contribution in [0.3, 0.4) is 0 Å². The van der Waals surface area contributed by atoms with Gasteiger partial charge in [-0.1, -0.05) is 18.2 Å². The van der Waals surface area contributed by atoms with E-state index in [9.17, 15) is 8.78 Å². The second kappa shape index (κ2) is 5.05. The van der Waals surface area contributed by atoms with E-state index in [4.69, 9.17) is 16.3 Å². The van der Waals surface area contributed by atoms with Crippen LogP contribution in [0, 0.1) is 11.6 Å². The lowest BCUT2D eigenvalue weighted by atomic mass is 10.2. The molecule has 3 nitrogen and oxygen atoms in total. The SMILES string of the molecule is Fc1ccccc1COc1nc(Cl)ncc1F. The number of ether oxygens (including phenoxy) is 1. The zero-order valence-corrected chi connectivity index (χ0v) is 9.29. The number of benzene rings is 1. The Morgan fingerprint density at radius 1 is 1.18 bits per heavy atom. The summed E-state index contributed by atoms with van der Waals surface area (Å²) in [6.45, 7) is -0.128. The van der Waals surface area contributed by atoms with E-state index in [1.807, 2.05) is 0 Å². The Labute approximate surface area is 101 Å². The summed E-state index contributed by atoms with van der Waals surface area (Å²) < 4.78 is 31.4. The van der Waals surface area contributed by atoms with E-state index in [0.717, 1.165) is 6.20 Å². The Hall–Kier alpha value is -1.75. The number of aromatic nitrogens is 2. The van der Waals surface area contributed by atoms with Gasteiger partial charge in [-0.25, -0.2) is 9.37 Å². The third-order valence-corrected chi connectivity index (χ3v) is 2.19. The summed E-state index contributed by atoms with van der Waals surface area (Å²) >= 11 is 5.49. The minimum atomic E-state index is -0.745. The van der Waals surface area contributed by atoms with Gasteiger partial charge in [-0.2, -0.15) is 9.37 Å². The molecule has 0 radical (unpaired) electrons. The summed E-state index contributed by atoms with van der Waals surface area (Å²) in [5, 5.41) is -0.130. The van der Waals surface area contributed by atoms with E-state index in [1.54, 1.807) is 12.1 Å². The zero-order valence-electron chi connectivity index (χ0n) is 8.53. The first-order valence-corrected chi connectivity index (χ1v) is 5.09. The van der Waals surface area contributed by atoms with Crippen molar-refractivity contribution in [3.8, 4) is 5.88 Å². The molecule has 2 rings (SSSR count). The van der Waals surface area contributed by atoms with E-state index < -0.39 is 11.6 Å². The van der Waals surface area contributed by atoms with Crippen LogP contribution in [-0.2, 0) is 6.61 Å². The van der Waals surface area contributed by atoms with Crippen molar-refractivity contribution in [2.45, 2.75) is 6.61 Å². The van der Waals surface area contributed by atoms with E-state index in [2.05, 4.69) is 9.97 Å². The molecule has 0 amide bonds. The summed E-state index contributed by atoms with van der Waals surface area (Å²) in [6.07, 6.45) is 0.895. The monoisotopic (exact) mass is 256 g/mol. The maximum absolute atomic E-state index is 13.2. The maximum Gasteiger partial charge on any atom is 0.255 e. The second-order valence-corrected chi connectivity index (χ2v) is 3.51. The number of hydrogen-bond donors (Lipinski definition) is 0. The van der Waals surface area contributed by atoms with Gasteiger partial charge in [0.1, 0.15) is 12.4 Å². The second-order valence-electron chi connectivity index (χ2n) is 3.17. The van der Waals surface area contributed by atoms with Crippen LogP contribution in [-0.4, -0.2) is 9.97 Å². The standard InChI is InChI=1S/C11H7ClF2N2O/c12-11-15-5-9(14)10(16-11)17-6-7-3-1-2-4-8(7)13/h1-5H,6H2. The van der Waals surface area contributed by atoms with E-state index in [-0.39, 0.29) is 17.8 Å². The predicted octanol–water partition coefficient (Wildman–Crippen LogP) is 2.99. The van der Waals surface area contributed by atoms with Crippen molar-refractivity contribution < 1.29 is 13.5 Å². The van der Waals surface area contributed by atoms with Crippen molar-refractivity contribution in [2.75, 3.05) is 0 Å². The molecular weight excluding hydrogens is 250 g/mol. The molecule has 0 aliphatic heterocycles. The average Bonchev–Trinajstić information content (AvgIpc) is 2.32. The lowest BCUT2D eigenvalue weighted by Crippen LogP contribution is -2.02. The normalized spacial score (nSPS) is 10.3. The largest absolute Gasteiger partial charge is 0.471 e. The summed E-state index contributed by atoms with van der Waals surface area (Å²) in [5.41, 5.74) is 0.307. The zero-order chi connectivity index (χ0) is 12.3. The van der Waals surface area contributed by atoms with E-state index in [0.29, 0.717) is 5.56 Å². The van der Waals surface area contributed by atoms with Crippen LogP contribution in [0.1, 0.15) is 5.56 Å². The molecule has 0 aliphatic carbocycles. The Balaban J connectivity index is 2.12. The van der Waals surface area contributed by atoms with Gasteiger partial charge >= 0.3 is 0 Å². The molecule has 2 aromatic rings. The number of hydrogen-bond acceptors (Lipinski definition) is 3. The van der Waals surface area contributed by atoms with Crippen molar-refractivity contribution in [2.24, 2.45) is 0 Å². The molecular formula is C11H7ClF2N2O. The smallest absolute Gasteiger partial charge is 0.255 e. The highest BCUT2D eigenvalue weighted by molar-refractivity contribution is 6.28. The highest BCUT2D eigenvalue weighted by Crippen LogP contribution is 2.17. The first-order chi connectivity index (χ1) is 8.16. The molecule has 0 atom stereocenters. The minimum Gasteiger partial charge on any atom is -0.471 e. The molecule has 1 heterocycles. The molecule has 0 N–H and O–H groups in total. The van der Waals surface area contributed by atoms with Crippen LogP contribution >= 0.6 is 11.6 Å². The highest BCUT2D eigenvalue weighted by atomic mass is 35.5. The molecule has 6 heteroatoms. The van der Waals surface area contributed by atoms with Crippen LogP contribution in [0.25, 0.3) is 0 Å². The van der Waals surface area contributed by atoms with Crippen LogP contribution in [0.4, 0.5) is 8.78 Å². The van der Waals surface area contributed by atoms with Gasteiger partial charge in [-0.05, 0) is 17.7 Å². The third-order valence-electron chi connectivity index (χ3n) is 2.00. The van der Waals surface area contributed by atoms with Gasteiger partial charge in [0.15, 0.2) is 0 Å². The van der Waals surface area contributed by atoms with Gasteiger partial charge in [0.05, 0.1) is 6.20 Å². The Kier molecular flexibility index (Phi) is 3.49. The number of rotatable bonds is 3. The van der Waals surface area contributed by atoms with Gasteiger partial charge in [0, 0.05) is 5.56 Å². The lowest BCUT2D eigenvalue weighted by molar-refractivity contribution is 0.271. The lowest BCUT2D eigenvalue weighted by Gasteiger charge is -2.06. The summed E-state index contributed by atoms with van der Waals surface area (Å²) in [7, 11) is 0. The Morgan fingerprint density at radius 2 is 1.94 bits per heavy atom. The molecule has 88 valence electrons. The van der Waals surface area contributed by atoms with Crippen molar-refractivity contribution in [3.05, 3.63) is 52.9 Å². The van der Waals surface area contributed by atoms with Gasteiger partial charge in [0.25, 0.3) is 5.88 Å². The molecule has 0 saturated heterocycles. The number of nitrogens with zero attached hydrogens (tertiary/aromatic N) is 2. The first kappa shape index (κ1) is 11.7. The minimum absolute atomic E-state index is 0.128. The molecule has 1 aromatic heterocycles. The highest BCUT2D eigenvalue weighted by Gasteiger charge is 2.08. The fourth-order valence-electron chi connectivity index (χ4n) is 1.19. The predicted molar refractivity (Wildman–Crippen MR) is 57.7 cm³/mol. The topological polar surface area (TPSA) is 35.0 Å². The molecule has 0 bridgehead atoms. The van der Waals surface area contributed by atoms with E-state index >= 15 is 0 Å². The van der Waals surface area contributed by atoms with Crippen molar-refractivity contribution in [1.29, 1.82) is 0 Å². The van der Waals surface area contributed by atoms with E-state index in [1.165, 1.54) is 12.1 Å². The van der Waals surface area contributed by atoms with Gasteiger partial charge in [0.2, 0.25) is 11.1 Å². The fraction of sp³-hybridized carbons (Fsp3) is 0.0909. The third kappa shape index (κ3) is 2.88. The maximum atomic E-state index is 13.2. The van der Waals surface area contributed by atoms with Crippen molar-refractivity contribution in [1.82, 2.24) is 9.97 Å². The summed E-state index contributed by atoms with van der Waals surface area (Å²) in [4.78, 5) is 6.99. The molecule has 0 fully saturated rings. The van der Waals surface area contributed by atoms with Crippen LogP contribution < -0.4 is 4.74 Å². The van der Waals surface area contributed by atoms with Gasteiger partial charge in [-0.15, -0.1) is 0 Å². The number of halogens is 3. The van der Waals surface area contributed by atoms with Crippen LogP contribution in [0.15, 0.2) is 30.5 Å².